The van der Waals surface area contributed by atoms with Crippen molar-refractivity contribution in [2.45, 2.75) is 70.1 Å². The standard InChI is InChI=1S/C18H30N2O5S/c1-18(2,3)25-17(22)20-7-6-15(11-20)26(23,24)19-16(21)10-14-9-12-4-5-13(14)8-12/h12-15H,4-11H2,1-3H3,(H,19,21)/t12-,13-,14+,15-/m0/s1. The van der Waals surface area contributed by atoms with E-state index in [9.17, 15) is 18.0 Å². The molecular formula is C18H30N2O5S. The molecule has 0 spiro atoms. The van der Waals surface area contributed by atoms with Gasteiger partial charge in [0.05, 0.1) is 5.25 Å². The van der Waals surface area contributed by atoms with Crippen LogP contribution in [0, 0.1) is 17.8 Å². The maximum absolute atomic E-state index is 12.5. The van der Waals surface area contributed by atoms with Gasteiger partial charge >= 0.3 is 6.09 Å². The zero-order valence-electron chi connectivity index (χ0n) is 15.9. The van der Waals surface area contributed by atoms with Crippen LogP contribution < -0.4 is 4.72 Å². The van der Waals surface area contributed by atoms with Crippen LogP contribution in [0.2, 0.25) is 0 Å². The Balaban J connectivity index is 1.50. The minimum atomic E-state index is -3.77. The fourth-order valence-electron chi connectivity index (χ4n) is 4.62. The Morgan fingerprint density at radius 3 is 2.46 bits per heavy atom. The van der Waals surface area contributed by atoms with Gasteiger partial charge in [0, 0.05) is 19.5 Å². The van der Waals surface area contributed by atoms with Crippen LogP contribution in [-0.4, -0.2) is 49.3 Å². The molecule has 1 N–H and O–H groups in total. The average Bonchev–Trinajstić information content (AvgIpc) is 3.21. The molecule has 1 saturated heterocycles. The Morgan fingerprint density at radius 1 is 1.15 bits per heavy atom. The van der Waals surface area contributed by atoms with Gasteiger partial charge in [-0.15, -0.1) is 0 Å². The molecule has 0 radical (unpaired) electrons. The van der Waals surface area contributed by atoms with Crippen molar-refractivity contribution in [2.24, 2.45) is 17.8 Å². The highest BCUT2D eigenvalue weighted by molar-refractivity contribution is 7.90. The summed E-state index contributed by atoms with van der Waals surface area (Å²) in [5.41, 5.74) is -0.622. The van der Waals surface area contributed by atoms with Crippen LogP contribution in [0.5, 0.6) is 0 Å². The molecule has 2 aliphatic carbocycles. The van der Waals surface area contributed by atoms with Crippen molar-refractivity contribution in [1.82, 2.24) is 9.62 Å². The molecule has 8 heteroatoms. The zero-order chi connectivity index (χ0) is 19.1. The lowest BCUT2D eigenvalue weighted by Gasteiger charge is -2.24. The first-order chi connectivity index (χ1) is 12.0. The monoisotopic (exact) mass is 386 g/mol. The van der Waals surface area contributed by atoms with Crippen molar-refractivity contribution < 1.29 is 22.7 Å². The number of ether oxygens (including phenoxy) is 1. The van der Waals surface area contributed by atoms with Crippen molar-refractivity contribution in [3.05, 3.63) is 0 Å². The number of hydrogen-bond donors (Lipinski definition) is 1. The van der Waals surface area contributed by atoms with Gasteiger partial charge in [-0.1, -0.05) is 6.42 Å². The van der Waals surface area contributed by atoms with Crippen molar-refractivity contribution in [2.75, 3.05) is 13.1 Å². The van der Waals surface area contributed by atoms with Gasteiger partial charge < -0.3 is 9.64 Å². The second kappa shape index (κ2) is 7.02. The third kappa shape index (κ3) is 4.50. The quantitative estimate of drug-likeness (QED) is 0.800. The molecule has 1 aliphatic heterocycles. The summed E-state index contributed by atoms with van der Waals surface area (Å²) < 4.78 is 32.6. The van der Waals surface area contributed by atoms with Crippen molar-refractivity contribution >= 4 is 22.0 Å². The molecule has 26 heavy (non-hydrogen) atoms. The summed E-state index contributed by atoms with van der Waals surface area (Å²) in [5, 5.41) is -0.765. The lowest BCUT2D eigenvalue weighted by atomic mass is 9.86. The third-order valence-corrected chi connectivity index (χ3v) is 7.60. The molecule has 148 valence electrons. The second-order valence-corrected chi connectivity index (χ2v) is 11.0. The van der Waals surface area contributed by atoms with E-state index in [4.69, 9.17) is 4.74 Å². The zero-order valence-corrected chi connectivity index (χ0v) is 16.7. The van der Waals surface area contributed by atoms with E-state index in [1.807, 2.05) is 0 Å². The van der Waals surface area contributed by atoms with Crippen molar-refractivity contribution in [3.63, 3.8) is 0 Å². The Kier molecular flexibility index (Phi) is 5.25. The van der Waals surface area contributed by atoms with E-state index in [1.54, 1.807) is 20.8 Å². The van der Waals surface area contributed by atoms with Crippen LogP contribution in [-0.2, 0) is 19.6 Å². The predicted octanol–water partition coefficient (Wildman–Crippen LogP) is 2.27. The molecule has 7 nitrogen and oxygen atoms in total. The predicted molar refractivity (Wildman–Crippen MR) is 96.8 cm³/mol. The molecule has 0 unspecified atom stereocenters. The summed E-state index contributed by atoms with van der Waals surface area (Å²) in [6, 6.07) is 0. The Labute approximate surface area is 155 Å². The molecule has 2 bridgehead atoms. The van der Waals surface area contributed by atoms with Crippen LogP contribution >= 0.6 is 0 Å². The summed E-state index contributed by atoms with van der Waals surface area (Å²) in [6.45, 7) is 5.69. The van der Waals surface area contributed by atoms with Crippen molar-refractivity contribution in [1.29, 1.82) is 0 Å². The topological polar surface area (TPSA) is 92.8 Å². The van der Waals surface area contributed by atoms with Crippen LogP contribution in [0.1, 0.15) is 59.3 Å². The highest BCUT2D eigenvalue weighted by atomic mass is 32.2. The number of sulfonamides is 1. The van der Waals surface area contributed by atoms with Gasteiger partial charge in [0.1, 0.15) is 5.60 Å². The number of nitrogens with one attached hydrogen (secondary N) is 1. The molecule has 2 saturated carbocycles. The normalized spacial score (nSPS) is 31.3. The molecule has 1 heterocycles. The first-order valence-electron chi connectivity index (χ1n) is 9.56. The summed E-state index contributed by atoms with van der Waals surface area (Å²) >= 11 is 0. The smallest absolute Gasteiger partial charge is 0.410 e. The highest BCUT2D eigenvalue weighted by Gasteiger charge is 2.42. The Bertz CT molecular complexity index is 670. The van der Waals surface area contributed by atoms with Crippen LogP contribution in [0.4, 0.5) is 4.79 Å². The van der Waals surface area contributed by atoms with Gasteiger partial charge in [-0.3, -0.25) is 9.52 Å². The number of nitrogens with zero attached hydrogens (tertiary/aromatic N) is 1. The van der Waals surface area contributed by atoms with E-state index in [1.165, 1.54) is 24.2 Å². The molecule has 3 fully saturated rings. The van der Waals surface area contributed by atoms with E-state index >= 15 is 0 Å². The van der Waals surface area contributed by atoms with E-state index in [-0.39, 0.29) is 6.54 Å². The van der Waals surface area contributed by atoms with E-state index < -0.39 is 32.9 Å². The van der Waals surface area contributed by atoms with E-state index in [0.29, 0.717) is 31.2 Å². The van der Waals surface area contributed by atoms with Gasteiger partial charge in [-0.25, -0.2) is 13.2 Å². The van der Waals surface area contributed by atoms with Gasteiger partial charge in [0.15, 0.2) is 0 Å². The Morgan fingerprint density at radius 2 is 1.88 bits per heavy atom. The minimum absolute atomic E-state index is 0.0612. The maximum Gasteiger partial charge on any atom is 0.410 e. The number of carbonyl (C=O) groups is 2. The van der Waals surface area contributed by atoms with Gasteiger partial charge in [-0.2, -0.15) is 0 Å². The van der Waals surface area contributed by atoms with Crippen LogP contribution in [0.3, 0.4) is 0 Å². The molecule has 0 aromatic carbocycles. The molecule has 3 rings (SSSR count). The third-order valence-electron chi connectivity index (χ3n) is 5.82. The number of hydrogen-bond acceptors (Lipinski definition) is 5. The van der Waals surface area contributed by atoms with Gasteiger partial charge in [-0.05, 0) is 64.2 Å². The largest absolute Gasteiger partial charge is 0.444 e. The molecule has 3 aliphatic rings. The number of likely N-dealkylation sites (tertiary alicyclic amines) is 1. The SMILES string of the molecule is CC(C)(C)OC(=O)N1CC[C@H](S(=O)(=O)NC(=O)C[C@H]2C[C@H]3CC[C@H]2C3)C1. The summed E-state index contributed by atoms with van der Waals surface area (Å²) in [4.78, 5) is 25.7. The van der Waals surface area contributed by atoms with Crippen molar-refractivity contribution in [3.8, 4) is 0 Å². The first-order valence-corrected chi connectivity index (χ1v) is 11.1. The molecule has 4 atom stereocenters. The number of fused-ring (bicyclic) bond motifs is 2. The highest BCUT2D eigenvalue weighted by Crippen LogP contribution is 2.49. The van der Waals surface area contributed by atoms with Gasteiger partial charge in [0.25, 0.3) is 0 Å². The maximum atomic E-state index is 12.5. The van der Waals surface area contributed by atoms with E-state index in [0.717, 1.165) is 12.3 Å². The number of carbonyl (C=O) groups excluding carboxylic acids is 2. The summed E-state index contributed by atoms with van der Waals surface area (Å²) in [5.74, 6) is 1.23. The minimum Gasteiger partial charge on any atom is -0.444 e. The second-order valence-electron chi connectivity index (χ2n) is 9.05. The molecule has 2 amide bonds. The fraction of sp³-hybridized carbons (Fsp3) is 0.889. The molecular weight excluding hydrogens is 356 g/mol. The first kappa shape index (κ1) is 19.5. The lowest BCUT2D eigenvalue weighted by Crippen LogP contribution is -2.42. The Hall–Kier alpha value is -1.31. The van der Waals surface area contributed by atoms with E-state index in [2.05, 4.69) is 4.72 Å². The van der Waals surface area contributed by atoms with Crippen LogP contribution in [0.15, 0.2) is 0 Å². The number of amides is 2. The average molecular weight is 387 g/mol. The summed E-state index contributed by atoms with van der Waals surface area (Å²) in [6.07, 6.45) is 4.76. The van der Waals surface area contributed by atoms with Crippen LogP contribution in [0.25, 0.3) is 0 Å². The summed E-state index contributed by atoms with van der Waals surface area (Å²) in [7, 11) is -3.77. The number of rotatable bonds is 4. The lowest BCUT2D eigenvalue weighted by molar-refractivity contribution is -0.120. The molecule has 0 aromatic heterocycles. The van der Waals surface area contributed by atoms with Gasteiger partial charge in [0.2, 0.25) is 15.9 Å². The molecule has 0 aromatic rings. The fourth-order valence-corrected chi connectivity index (χ4v) is 5.98.